The Bertz CT molecular complexity index is 473. The van der Waals surface area contributed by atoms with Crippen LogP contribution in [0.4, 0.5) is 5.69 Å². The number of nitrogens with one attached hydrogen (secondary N) is 1. The summed E-state index contributed by atoms with van der Waals surface area (Å²) >= 11 is 0. The van der Waals surface area contributed by atoms with E-state index in [0.717, 1.165) is 12.2 Å². The number of piperazine rings is 1. The predicted molar refractivity (Wildman–Crippen MR) is 76.4 cm³/mol. The third kappa shape index (κ3) is 2.80. The molecule has 1 heterocycles. The molecule has 2 N–H and O–H groups in total. The number of aliphatic hydroxyl groups is 1. The van der Waals surface area contributed by atoms with Crippen LogP contribution >= 0.6 is 0 Å². The number of hydrogen-bond donors (Lipinski definition) is 2. The molecular formula is C15H22N2O2. The summed E-state index contributed by atoms with van der Waals surface area (Å²) in [6.45, 7) is 6.94. The molecule has 2 unspecified atom stereocenters. The number of hydrogen-bond acceptors (Lipinski definition) is 3. The van der Waals surface area contributed by atoms with Crippen LogP contribution in [0.5, 0.6) is 0 Å². The van der Waals surface area contributed by atoms with Gasteiger partial charge in [0.25, 0.3) is 0 Å². The highest BCUT2D eigenvalue weighted by molar-refractivity contribution is 5.98. The minimum absolute atomic E-state index is 0.0263. The van der Waals surface area contributed by atoms with E-state index in [1.54, 1.807) is 0 Å². The van der Waals surface area contributed by atoms with Crippen molar-refractivity contribution in [2.45, 2.75) is 39.3 Å². The van der Waals surface area contributed by atoms with E-state index < -0.39 is 0 Å². The maximum atomic E-state index is 12.5. The highest BCUT2D eigenvalue weighted by Crippen LogP contribution is 2.24. The molecule has 2 rings (SSSR count). The lowest BCUT2D eigenvalue weighted by molar-refractivity contribution is -0.122. The Morgan fingerprint density at radius 2 is 2.11 bits per heavy atom. The summed E-state index contributed by atoms with van der Waals surface area (Å²) in [6, 6.07) is 5.96. The maximum Gasteiger partial charge on any atom is 0.244 e. The van der Waals surface area contributed by atoms with Gasteiger partial charge < -0.3 is 15.3 Å². The molecule has 1 aliphatic heterocycles. The average Bonchev–Trinajstić information content (AvgIpc) is 2.37. The number of amides is 1. The van der Waals surface area contributed by atoms with Gasteiger partial charge in [0.05, 0.1) is 6.04 Å². The number of nitrogens with zero attached hydrogens (tertiary/aromatic N) is 1. The molecule has 0 spiro atoms. The van der Waals surface area contributed by atoms with Crippen molar-refractivity contribution in [3.63, 3.8) is 0 Å². The van der Waals surface area contributed by atoms with Gasteiger partial charge in [0.1, 0.15) is 0 Å². The zero-order chi connectivity index (χ0) is 14.0. The van der Waals surface area contributed by atoms with Crippen molar-refractivity contribution in [2.75, 3.05) is 18.1 Å². The van der Waals surface area contributed by atoms with E-state index in [-0.39, 0.29) is 24.6 Å². The van der Waals surface area contributed by atoms with Crippen LogP contribution in [-0.4, -0.2) is 36.2 Å². The van der Waals surface area contributed by atoms with Crippen LogP contribution in [0.1, 0.15) is 24.5 Å². The van der Waals surface area contributed by atoms with Gasteiger partial charge in [0.15, 0.2) is 0 Å². The first-order chi connectivity index (χ1) is 9.04. The SMILES string of the molecule is Cc1ccc(N2C(=O)C(CCO)NCC2C)cc1C. The van der Waals surface area contributed by atoms with E-state index >= 15 is 0 Å². The van der Waals surface area contributed by atoms with Gasteiger partial charge in [-0.1, -0.05) is 6.07 Å². The van der Waals surface area contributed by atoms with Gasteiger partial charge in [-0.3, -0.25) is 4.79 Å². The lowest BCUT2D eigenvalue weighted by atomic mass is 10.0. The summed E-state index contributed by atoms with van der Waals surface area (Å²) in [5.41, 5.74) is 3.37. The summed E-state index contributed by atoms with van der Waals surface area (Å²) in [6.07, 6.45) is 0.465. The van der Waals surface area contributed by atoms with Crippen LogP contribution in [0.2, 0.25) is 0 Å². The molecule has 2 atom stereocenters. The maximum absolute atomic E-state index is 12.5. The Balaban J connectivity index is 2.29. The van der Waals surface area contributed by atoms with Crippen LogP contribution in [0.3, 0.4) is 0 Å². The van der Waals surface area contributed by atoms with Crippen LogP contribution in [0.25, 0.3) is 0 Å². The van der Waals surface area contributed by atoms with Gasteiger partial charge in [-0.2, -0.15) is 0 Å². The first kappa shape index (κ1) is 14.0. The van der Waals surface area contributed by atoms with E-state index in [4.69, 9.17) is 5.11 Å². The zero-order valence-corrected chi connectivity index (χ0v) is 11.8. The molecule has 0 aliphatic carbocycles. The predicted octanol–water partition coefficient (Wildman–Crippen LogP) is 1.38. The van der Waals surface area contributed by atoms with Crippen molar-refractivity contribution < 1.29 is 9.90 Å². The van der Waals surface area contributed by atoms with Crippen molar-refractivity contribution in [2.24, 2.45) is 0 Å². The Kier molecular flexibility index (Phi) is 4.22. The van der Waals surface area contributed by atoms with Gasteiger partial charge in [-0.25, -0.2) is 0 Å². The Hall–Kier alpha value is -1.39. The van der Waals surface area contributed by atoms with E-state index in [1.165, 1.54) is 11.1 Å². The molecule has 4 nitrogen and oxygen atoms in total. The van der Waals surface area contributed by atoms with Gasteiger partial charge in [0, 0.05) is 24.9 Å². The van der Waals surface area contributed by atoms with Gasteiger partial charge in [0.2, 0.25) is 5.91 Å². The van der Waals surface area contributed by atoms with Crippen LogP contribution in [0, 0.1) is 13.8 Å². The Morgan fingerprint density at radius 1 is 1.37 bits per heavy atom. The van der Waals surface area contributed by atoms with Crippen LogP contribution in [0.15, 0.2) is 18.2 Å². The number of carbonyl (C=O) groups excluding carboxylic acids is 1. The summed E-state index contributed by atoms with van der Waals surface area (Å²) in [5, 5.41) is 12.2. The second-order valence-electron chi connectivity index (χ2n) is 5.30. The quantitative estimate of drug-likeness (QED) is 0.865. The van der Waals surface area contributed by atoms with Crippen LogP contribution in [-0.2, 0) is 4.79 Å². The first-order valence-corrected chi connectivity index (χ1v) is 6.79. The molecule has 19 heavy (non-hydrogen) atoms. The van der Waals surface area contributed by atoms with E-state index in [1.807, 2.05) is 24.0 Å². The summed E-state index contributed by atoms with van der Waals surface area (Å²) in [4.78, 5) is 14.3. The summed E-state index contributed by atoms with van der Waals surface area (Å²) in [7, 11) is 0. The molecule has 4 heteroatoms. The molecule has 1 saturated heterocycles. The number of anilines is 1. The van der Waals surface area contributed by atoms with Crippen LogP contribution < -0.4 is 10.2 Å². The van der Waals surface area contributed by atoms with Gasteiger partial charge >= 0.3 is 0 Å². The number of rotatable bonds is 3. The smallest absolute Gasteiger partial charge is 0.244 e. The fourth-order valence-electron chi connectivity index (χ4n) is 2.49. The Morgan fingerprint density at radius 3 is 2.74 bits per heavy atom. The standard InChI is InChI=1S/C15H22N2O2/c1-10-4-5-13(8-11(10)2)17-12(3)9-16-14(6-7-18)15(17)19/h4-5,8,12,14,16,18H,6-7,9H2,1-3H3. The number of carbonyl (C=O) groups is 1. The second kappa shape index (κ2) is 5.72. The lowest BCUT2D eigenvalue weighted by Gasteiger charge is -2.38. The third-order valence-corrected chi connectivity index (χ3v) is 3.82. The molecule has 1 aliphatic rings. The molecule has 0 saturated carbocycles. The number of benzene rings is 1. The summed E-state index contributed by atoms with van der Waals surface area (Å²) < 4.78 is 0. The van der Waals surface area contributed by atoms with Crippen molar-refractivity contribution in [3.05, 3.63) is 29.3 Å². The number of aryl methyl sites for hydroxylation is 2. The molecule has 0 aromatic heterocycles. The molecular weight excluding hydrogens is 240 g/mol. The second-order valence-corrected chi connectivity index (χ2v) is 5.30. The molecule has 1 aromatic rings. The van der Waals surface area contributed by atoms with Crippen molar-refractivity contribution in [1.82, 2.24) is 5.32 Å². The molecule has 0 bridgehead atoms. The fraction of sp³-hybridized carbons (Fsp3) is 0.533. The molecule has 1 amide bonds. The van der Waals surface area contributed by atoms with Crippen molar-refractivity contribution in [1.29, 1.82) is 0 Å². The molecule has 1 aromatic carbocycles. The Labute approximate surface area is 114 Å². The molecule has 0 radical (unpaired) electrons. The highest BCUT2D eigenvalue weighted by Gasteiger charge is 2.33. The average molecular weight is 262 g/mol. The van der Waals surface area contributed by atoms with Crippen molar-refractivity contribution in [3.8, 4) is 0 Å². The summed E-state index contributed by atoms with van der Waals surface area (Å²) in [5.74, 6) is 0.0519. The topological polar surface area (TPSA) is 52.6 Å². The number of aliphatic hydroxyl groups excluding tert-OH is 1. The van der Waals surface area contributed by atoms with Gasteiger partial charge in [-0.05, 0) is 50.5 Å². The normalized spacial score (nSPS) is 23.8. The van der Waals surface area contributed by atoms with E-state index in [9.17, 15) is 4.79 Å². The fourth-order valence-corrected chi connectivity index (χ4v) is 2.49. The zero-order valence-electron chi connectivity index (χ0n) is 11.8. The minimum atomic E-state index is -0.275. The van der Waals surface area contributed by atoms with Gasteiger partial charge in [-0.15, -0.1) is 0 Å². The largest absolute Gasteiger partial charge is 0.396 e. The minimum Gasteiger partial charge on any atom is -0.396 e. The van der Waals surface area contributed by atoms with Crippen molar-refractivity contribution >= 4 is 11.6 Å². The molecule has 1 fully saturated rings. The first-order valence-electron chi connectivity index (χ1n) is 6.79. The molecule has 104 valence electrons. The highest BCUT2D eigenvalue weighted by atomic mass is 16.3. The lowest BCUT2D eigenvalue weighted by Crippen LogP contribution is -2.59. The van der Waals surface area contributed by atoms with E-state index in [2.05, 4.69) is 25.2 Å². The monoisotopic (exact) mass is 262 g/mol. The third-order valence-electron chi connectivity index (χ3n) is 3.82. The van der Waals surface area contributed by atoms with E-state index in [0.29, 0.717) is 6.42 Å².